The number of hydrogen-bond acceptors (Lipinski definition) is 5. The van der Waals surface area contributed by atoms with E-state index in [1.807, 2.05) is 0 Å². The summed E-state index contributed by atoms with van der Waals surface area (Å²) in [4.78, 5) is 16.0. The van der Waals surface area contributed by atoms with Crippen molar-refractivity contribution < 1.29 is 4.74 Å². The van der Waals surface area contributed by atoms with Crippen LogP contribution >= 0.6 is 0 Å². The van der Waals surface area contributed by atoms with E-state index in [0.717, 1.165) is 30.8 Å². The summed E-state index contributed by atoms with van der Waals surface area (Å²) < 4.78 is 5.98. The third kappa shape index (κ3) is 2.17. The highest BCUT2D eigenvalue weighted by molar-refractivity contribution is 5.82. The second-order valence-electron chi connectivity index (χ2n) is 6.64. The number of aromatic nitrogens is 4. The molecule has 122 valence electrons. The molecule has 2 N–H and O–H groups in total. The average molecular weight is 321 g/mol. The van der Waals surface area contributed by atoms with Gasteiger partial charge in [0, 0.05) is 24.5 Å². The summed E-state index contributed by atoms with van der Waals surface area (Å²) in [6, 6.07) is 11.0. The Kier molecular flexibility index (Phi) is 3.23. The monoisotopic (exact) mass is 321 g/mol. The van der Waals surface area contributed by atoms with Crippen molar-refractivity contribution in [3.63, 3.8) is 0 Å². The van der Waals surface area contributed by atoms with E-state index >= 15 is 0 Å². The minimum Gasteiger partial charge on any atom is -0.377 e. The van der Waals surface area contributed by atoms with Gasteiger partial charge in [0.25, 0.3) is 0 Å². The number of imidazole rings is 1. The molecule has 1 saturated carbocycles. The lowest BCUT2D eigenvalue weighted by Crippen LogP contribution is -2.58. The largest absolute Gasteiger partial charge is 0.377 e. The number of hydrogen-bond donors (Lipinski definition) is 2. The molecule has 24 heavy (non-hydrogen) atoms. The van der Waals surface area contributed by atoms with E-state index < -0.39 is 0 Å². The highest BCUT2D eigenvalue weighted by Gasteiger charge is 2.53. The van der Waals surface area contributed by atoms with E-state index in [0.29, 0.717) is 29.6 Å². The van der Waals surface area contributed by atoms with Gasteiger partial charge >= 0.3 is 0 Å². The van der Waals surface area contributed by atoms with Crippen molar-refractivity contribution in [3.8, 4) is 0 Å². The highest BCUT2D eigenvalue weighted by Crippen LogP contribution is 2.46. The Morgan fingerprint density at radius 3 is 3.00 bits per heavy atom. The van der Waals surface area contributed by atoms with E-state index in [2.05, 4.69) is 55.6 Å². The van der Waals surface area contributed by atoms with Gasteiger partial charge in [-0.1, -0.05) is 30.3 Å². The van der Waals surface area contributed by atoms with Gasteiger partial charge in [0.2, 0.25) is 0 Å². The van der Waals surface area contributed by atoms with Crippen molar-refractivity contribution in [1.82, 2.24) is 19.9 Å². The van der Waals surface area contributed by atoms with Crippen LogP contribution in [0.4, 0.5) is 5.82 Å². The summed E-state index contributed by atoms with van der Waals surface area (Å²) in [5.74, 6) is 1.87. The maximum Gasteiger partial charge on any atom is 0.182 e. The van der Waals surface area contributed by atoms with Gasteiger partial charge in [-0.3, -0.25) is 0 Å². The van der Waals surface area contributed by atoms with E-state index in [1.165, 1.54) is 5.56 Å². The molecule has 2 aromatic heterocycles. The van der Waals surface area contributed by atoms with Crippen LogP contribution in [0, 0.1) is 11.8 Å². The van der Waals surface area contributed by atoms with Crippen LogP contribution in [0.5, 0.6) is 0 Å². The normalized spacial score (nSPS) is 28.5. The lowest BCUT2D eigenvalue weighted by atomic mass is 9.64. The molecule has 3 heterocycles. The lowest BCUT2D eigenvalue weighted by molar-refractivity contribution is -0.0364. The summed E-state index contributed by atoms with van der Waals surface area (Å²) in [6.07, 6.45) is 5.73. The van der Waals surface area contributed by atoms with Crippen molar-refractivity contribution in [2.45, 2.75) is 25.0 Å². The molecule has 0 radical (unpaired) electrons. The molecular formula is C18H19N5O. The number of anilines is 1. The van der Waals surface area contributed by atoms with Gasteiger partial charge in [-0.25, -0.2) is 15.0 Å². The smallest absolute Gasteiger partial charge is 0.182 e. The number of nitrogens with zero attached hydrogens (tertiary/aromatic N) is 3. The second kappa shape index (κ2) is 5.56. The number of ether oxygens (including phenoxy) is 1. The lowest BCUT2D eigenvalue weighted by Gasteiger charge is -2.48. The summed E-state index contributed by atoms with van der Waals surface area (Å²) in [5.41, 5.74) is 2.93. The Bertz CT molecular complexity index is 849. The Balaban J connectivity index is 1.42. The van der Waals surface area contributed by atoms with Crippen LogP contribution in [0.15, 0.2) is 43.0 Å². The van der Waals surface area contributed by atoms with E-state index in [9.17, 15) is 0 Å². The zero-order chi connectivity index (χ0) is 15.9. The number of fused-ring (bicyclic) bond motifs is 2. The molecule has 1 saturated heterocycles. The van der Waals surface area contributed by atoms with Crippen molar-refractivity contribution >= 4 is 17.0 Å². The standard InChI is InChI=1S/C18H19N5O/c1-2-4-11(5-3-1)8-13-14(12-6-7-24-16(12)13)23-18-15-17(20-9-19-15)21-10-22-18/h1-5,9-10,12-14,16H,6-8H2,(H2,19,20,21,22,23)/t12-,13+,14-,16-/m0/s1. The fourth-order valence-electron chi connectivity index (χ4n) is 4.21. The van der Waals surface area contributed by atoms with Crippen molar-refractivity contribution in [2.24, 2.45) is 11.8 Å². The molecule has 2 aliphatic rings. The molecule has 4 atom stereocenters. The molecule has 0 spiro atoms. The minimum absolute atomic E-state index is 0.363. The molecule has 1 aliphatic carbocycles. The molecule has 2 fully saturated rings. The number of aromatic amines is 1. The van der Waals surface area contributed by atoms with Crippen LogP contribution in [-0.2, 0) is 11.2 Å². The van der Waals surface area contributed by atoms with Crippen LogP contribution in [0.2, 0.25) is 0 Å². The molecule has 3 aromatic rings. The molecule has 6 nitrogen and oxygen atoms in total. The minimum atomic E-state index is 0.363. The number of rotatable bonds is 4. The quantitative estimate of drug-likeness (QED) is 0.772. The van der Waals surface area contributed by atoms with Crippen LogP contribution in [0.1, 0.15) is 12.0 Å². The molecular weight excluding hydrogens is 302 g/mol. The summed E-state index contributed by atoms with van der Waals surface area (Å²) in [7, 11) is 0. The van der Waals surface area contributed by atoms with Crippen molar-refractivity contribution in [2.75, 3.05) is 11.9 Å². The van der Waals surface area contributed by atoms with E-state index in [1.54, 1.807) is 12.7 Å². The predicted octanol–water partition coefficient (Wildman–Crippen LogP) is 2.41. The van der Waals surface area contributed by atoms with E-state index in [-0.39, 0.29) is 0 Å². The zero-order valence-corrected chi connectivity index (χ0v) is 13.2. The van der Waals surface area contributed by atoms with Gasteiger partial charge in [-0.15, -0.1) is 0 Å². The topological polar surface area (TPSA) is 75.7 Å². The highest BCUT2D eigenvalue weighted by atomic mass is 16.5. The molecule has 0 bridgehead atoms. The van der Waals surface area contributed by atoms with Crippen molar-refractivity contribution in [3.05, 3.63) is 48.5 Å². The Morgan fingerprint density at radius 1 is 1.17 bits per heavy atom. The predicted molar refractivity (Wildman–Crippen MR) is 90.6 cm³/mol. The SMILES string of the molecule is c1ccc(C[C@@H]2[C@@H](Nc3ncnc4nc[nH]c34)[C@@H]3CCO[C@H]23)cc1. The molecule has 5 rings (SSSR count). The maximum atomic E-state index is 5.98. The van der Waals surface area contributed by atoms with Gasteiger partial charge < -0.3 is 15.0 Å². The number of H-pyrrole nitrogens is 1. The van der Waals surface area contributed by atoms with Gasteiger partial charge in [-0.2, -0.15) is 0 Å². The van der Waals surface area contributed by atoms with Crippen LogP contribution in [0.3, 0.4) is 0 Å². The Labute approximate surface area is 139 Å². The van der Waals surface area contributed by atoms with Gasteiger partial charge in [0.15, 0.2) is 11.5 Å². The first-order valence-electron chi connectivity index (χ1n) is 8.46. The average Bonchev–Trinajstić information content (AvgIpc) is 3.26. The van der Waals surface area contributed by atoms with Gasteiger partial charge in [-0.05, 0) is 18.4 Å². The summed E-state index contributed by atoms with van der Waals surface area (Å²) in [6.45, 7) is 0.863. The molecule has 0 unspecified atom stereocenters. The summed E-state index contributed by atoms with van der Waals surface area (Å²) >= 11 is 0. The van der Waals surface area contributed by atoms with Crippen molar-refractivity contribution in [1.29, 1.82) is 0 Å². The first-order chi connectivity index (χ1) is 11.9. The number of nitrogens with one attached hydrogen (secondary N) is 2. The fourth-order valence-corrected chi connectivity index (χ4v) is 4.21. The fraction of sp³-hybridized carbons (Fsp3) is 0.389. The zero-order valence-electron chi connectivity index (χ0n) is 13.2. The first-order valence-corrected chi connectivity index (χ1v) is 8.46. The Morgan fingerprint density at radius 2 is 2.08 bits per heavy atom. The molecule has 1 aromatic carbocycles. The third-order valence-corrected chi connectivity index (χ3v) is 5.37. The van der Waals surface area contributed by atoms with Crippen LogP contribution in [0.25, 0.3) is 11.2 Å². The summed E-state index contributed by atoms with van der Waals surface area (Å²) in [5, 5.41) is 3.65. The van der Waals surface area contributed by atoms with Crippen LogP contribution in [-0.4, -0.2) is 38.7 Å². The van der Waals surface area contributed by atoms with Crippen LogP contribution < -0.4 is 5.32 Å². The van der Waals surface area contributed by atoms with E-state index in [4.69, 9.17) is 4.74 Å². The molecule has 1 aliphatic heterocycles. The maximum absolute atomic E-state index is 5.98. The molecule has 6 heteroatoms. The Hall–Kier alpha value is -2.47. The van der Waals surface area contributed by atoms with Gasteiger partial charge in [0.05, 0.1) is 12.4 Å². The second-order valence-corrected chi connectivity index (χ2v) is 6.64. The first kappa shape index (κ1) is 13.9. The number of benzene rings is 1. The third-order valence-electron chi connectivity index (χ3n) is 5.37. The molecule has 0 amide bonds. The van der Waals surface area contributed by atoms with Gasteiger partial charge in [0.1, 0.15) is 11.8 Å².